The molecule has 0 aliphatic rings. The number of carbonyl (C=O) groups excluding carboxylic acids is 1. The van der Waals surface area contributed by atoms with Crippen molar-refractivity contribution in [2.24, 2.45) is 0 Å². The van der Waals surface area contributed by atoms with Crippen molar-refractivity contribution in [3.8, 4) is 0 Å². The van der Waals surface area contributed by atoms with Crippen molar-refractivity contribution in [3.63, 3.8) is 0 Å². The second-order valence-electron chi connectivity index (χ2n) is 5.74. The fourth-order valence-corrected chi connectivity index (χ4v) is 4.58. The Morgan fingerprint density at radius 3 is 2.80 bits per heavy atom. The van der Waals surface area contributed by atoms with Crippen molar-refractivity contribution in [1.29, 1.82) is 0 Å². The normalized spacial score (nSPS) is 14.0. The van der Waals surface area contributed by atoms with Crippen LogP contribution in [-0.2, 0) is 10.5 Å². The molecule has 0 saturated heterocycles. The lowest BCUT2D eigenvalue weighted by atomic mass is 10.1. The molecule has 0 aliphatic heterocycles. The number of thiophene rings is 2. The number of hydrogen-bond donors (Lipinski definition) is 3. The molecule has 3 aromatic rings. The van der Waals surface area contributed by atoms with Crippen LogP contribution in [0.2, 0.25) is 0 Å². The molecule has 4 nitrogen and oxygen atoms in total. The SMILES string of the molecule is CC(=O)NC(O)(CCO)c1ccc(C=Cc2csc3ccccc23)s1. The molecule has 3 rings (SSSR count). The van der Waals surface area contributed by atoms with Crippen molar-refractivity contribution in [2.75, 3.05) is 6.61 Å². The molecule has 0 aliphatic carbocycles. The largest absolute Gasteiger partial charge is 0.396 e. The molecule has 0 bridgehead atoms. The molecular formula is C19H19NO3S2. The fourth-order valence-electron chi connectivity index (χ4n) is 2.66. The number of aliphatic hydroxyl groups is 2. The summed E-state index contributed by atoms with van der Waals surface area (Å²) in [4.78, 5) is 12.9. The van der Waals surface area contributed by atoms with Gasteiger partial charge in [0.2, 0.25) is 5.91 Å². The summed E-state index contributed by atoms with van der Waals surface area (Å²) in [5, 5.41) is 25.7. The highest BCUT2D eigenvalue weighted by Gasteiger charge is 2.31. The molecule has 0 spiro atoms. The Morgan fingerprint density at radius 2 is 2.04 bits per heavy atom. The minimum Gasteiger partial charge on any atom is -0.396 e. The average Bonchev–Trinajstić information content (AvgIpc) is 3.20. The Bertz CT molecular complexity index is 912. The Hall–Kier alpha value is -1.99. The number of carbonyl (C=O) groups is 1. The number of rotatable bonds is 6. The van der Waals surface area contributed by atoms with Gasteiger partial charge in [-0.2, -0.15) is 0 Å². The van der Waals surface area contributed by atoms with Gasteiger partial charge in [-0.1, -0.05) is 24.3 Å². The van der Waals surface area contributed by atoms with Crippen LogP contribution >= 0.6 is 22.7 Å². The number of benzene rings is 1. The maximum Gasteiger partial charge on any atom is 0.219 e. The van der Waals surface area contributed by atoms with Crippen molar-refractivity contribution in [1.82, 2.24) is 5.32 Å². The van der Waals surface area contributed by atoms with Gasteiger partial charge in [0.15, 0.2) is 5.72 Å². The summed E-state index contributed by atoms with van der Waals surface area (Å²) >= 11 is 3.10. The van der Waals surface area contributed by atoms with Crippen molar-refractivity contribution in [2.45, 2.75) is 19.1 Å². The third kappa shape index (κ3) is 3.99. The molecule has 0 radical (unpaired) electrons. The second kappa shape index (κ2) is 7.49. The van der Waals surface area contributed by atoms with E-state index in [1.165, 1.54) is 28.3 Å². The van der Waals surface area contributed by atoms with Crippen molar-refractivity contribution < 1.29 is 15.0 Å². The maximum atomic E-state index is 11.4. The number of aliphatic hydroxyl groups excluding tert-OH is 1. The molecule has 0 fully saturated rings. The van der Waals surface area contributed by atoms with Gasteiger partial charge in [0.05, 0.1) is 4.88 Å². The van der Waals surface area contributed by atoms with E-state index in [4.69, 9.17) is 0 Å². The van der Waals surface area contributed by atoms with Crippen LogP contribution in [0.3, 0.4) is 0 Å². The number of amides is 1. The molecule has 1 amide bonds. The van der Waals surface area contributed by atoms with E-state index >= 15 is 0 Å². The highest BCUT2D eigenvalue weighted by molar-refractivity contribution is 7.17. The Kier molecular flexibility index (Phi) is 5.34. The first-order chi connectivity index (χ1) is 12.0. The van der Waals surface area contributed by atoms with Crippen LogP contribution in [0.15, 0.2) is 41.8 Å². The number of nitrogens with one attached hydrogen (secondary N) is 1. The van der Waals surface area contributed by atoms with Crippen LogP contribution in [0.5, 0.6) is 0 Å². The van der Waals surface area contributed by atoms with Gasteiger partial charge in [-0.05, 0) is 40.6 Å². The van der Waals surface area contributed by atoms with Gasteiger partial charge >= 0.3 is 0 Å². The van der Waals surface area contributed by atoms with E-state index in [0.717, 1.165) is 10.4 Å². The van der Waals surface area contributed by atoms with E-state index in [9.17, 15) is 15.0 Å². The first-order valence-corrected chi connectivity index (χ1v) is 9.58. The van der Waals surface area contributed by atoms with Gasteiger partial charge < -0.3 is 15.5 Å². The third-order valence-corrected chi connectivity index (χ3v) is 6.01. The van der Waals surface area contributed by atoms with E-state index in [0.29, 0.717) is 4.88 Å². The zero-order valence-electron chi connectivity index (χ0n) is 13.7. The summed E-state index contributed by atoms with van der Waals surface area (Å²) in [6.07, 6.45) is 4.10. The van der Waals surface area contributed by atoms with Crippen LogP contribution in [0.25, 0.3) is 22.2 Å². The summed E-state index contributed by atoms with van der Waals surface area (Å²) in [6, 6.07) is 11.9. The van der Waals surface area contributed by atoms with Gasteiger partial charge in [-0.3, -0.25) is 4.79 Å². The molecular weight excluding hydrogens is 354 g/mol. The minimum absolute atomic E-state index is 0.0470. The van der Waals surface area contributed by atoms with Crippen LogP contribution in [0, 0.1) is 0 Å². The summed E-state index contributed by atoms with van der Waals surface area (Å²) in [6.45, 7) is 1.12. The fraction of sp³-hybridized carbons (Fsp3) is 0.211. The standard InChI is InChI=1S/C19H19NO3S2/c1-13(22)20-19(23,10-11-21)18-9-8-15(25-18)7-6-14-12-24-17-5-3-2-4-16(14)17/h2-9,12,21,23H,10-11H2,1H3,(H,20,22). The smallest absolute Gasteiger partial charge is 0.219 e. The molecule has 1 unspecified atom stereocenters. The average molecular weight is 373 g/mol. The van der Waals surface area contributed by atoms with Gasteiger partial charge in [-0.25, -0.2) is 0 Å². The van der Waals surface area contributed by atoms with Gasteiger partial charge in [0, 0.05) is 29.5 Å². The van der Waals surface area contributed by atoms with Gasteiger partial charge in [0.1, 0.15) is 0 Å². The summed E-state index contributed by atoms with van der Waals surface area (Å²) in [7, 11) is 0. The van der Waals surface area contributed by atoms with Crippen LogP contribution in [0.4, 0.5) is 0 Å². The predicted octanol–water partition coefficient (Wildman–Crippen LogP) is 3.80. The van der Waals surface area contributed by atoms with Crippen LogP contribution in [0.1, 0.15) is 28.7 Å². The zero-order valence-corrected chi connectivity index (χ0v) is 15.4. The lowest BCUT2D eigenvalue weighted by Crippen LogP contribution is -2.45. The monoisotopic (exact) mass is 373 g/mol. The lowest BCUT2D eigenvalue weighted by Gasteiger charge is -2.26. The lowest BCUT2D eigenvalue weighted by molar-refractivity contribution is -0.128. The van der Waals surface area contributed by atoms with E-state index in [1.54, 1.807) is 17.4 Å². The van der Waals surface area contributed by atoms with E-state index in [1.807, 2.05) is 24.3 Å². The number of hydrogen-bond acceptors (Lipinski definition) is 5. The summed E-state index contributed by atoms with van der Waals surface area (Å²) < 4.78 is 1.25. The van der Waals surface area contributed by atoms with Gasteiger partial charge in [0.25, 0.3) is 0 Å². The quantitative estimate of drug-likeness (QED) is 0.576. The molecule has 6 heteroatoms. The molecule has 1 atom stereocenters. The first-order valence-electron chi connectivity index (χ1n) is 7.88. The third-order valence-electron chi connectivity index (χ3n) is 3.83. The molecule has 1 aromatic carbocycles. The predicted molar refractivity (Wildman–Crippen MR) is 104 cm³/mol. The first kappa shape index (κ1) is 17.8. The zero-order chi connectivity index (χ0) is 17.9. The highest BCUT2D eigenvalue weighted by Crippen LogP contribution is 2.31. The molecule has 3 N–H and O–H groups in total. The topological polar surface area (TPSA) is 69.6 Å². The van der Waals surface area contributed by atoms with Crippen molar-refractivity contribution >= 4 is 50.8 Å². The Labute approximate surface area is 154 Å². The number of fused-ring (bicyclic) bond motifs is 1. The molecule has 0 saturated carbocycles. The Balaban J connectivity index is 1.84. The van der Waals surface area contributed by atoms with E-state index in [-0.39, 0.29) is 18.9 Å². The molecule has 2 aromatic heterocycles. The van der Waals surface area contributed by atoms with Gasteiger partial charge in [-0.15, -0.1) is 22.7 Å². The van der Waals surface area contributed by atoms with Crippen molar-refractivity contribution in [3.05, 3.63) is 57.1 Å². The Morgan fingerprint density at radius 1 is 1.24 bits per heavy atom. The molecule has 130 valence electrons. The summed E-state index contributed by atoms with van der Waals surface area (Å²) in [5.74, 6) is -0.341. The minimum atomic E-state index is -1.54. The summed E-state index contributed by atoms with van der Waals surface area (Å²) in [5.41, 5.74) is -0.380. The maximum absolute atomic E-state index is 11.4. The molecule has 2 heterocycles. The van der Waals surface area contributed by atoms with Crippen LogP contribution < -0.4 is 5.32 Å². The highest BCUT2D eigenvalue weighted by atomic mass is 32.1. The second-order valence-corrected chi connectivity index (χ2v) is 7.76. The van der Waals surface area contributed by atoms with E-state index in [2.05, 4.69) is 28.9 Å². The van der Waals surface area contributed by atoms with Crippen LogP contribution in [-0.4, -0.2) is 22.7 Å². The molecule has 25 heavy (non-hydrogen) atoms. The van der Waals surface area contributed by atoms with E-state index < -0.39 is 5.72 Å².